The van der Waals surface area contributed by atoms with E-state index in [0.29, 0.717) is 0 Å². The average molecular weight is 393 g/mol. The van der Waals surface area contributed by atoms with Crippen LogP contribution in [-0.4, -0.2) is 14.1 Å². The summed E-state index contributed by atoms with van der Waals surface area (Å²) in [4.78, 5) is 4.38. The minimum Gasteiger partial charge on any atom is -0.397 e. The molecule has 0 spiro atoms. The Balaban J connectivity index is 1.44. The summed E-state index contributed by atoms with van der Waals surface area (Å²) in [6, 6.07) is 23.4. The van der Waals surface area contributed by atoms with E-state index in [9.17, 15) is 0 Å². The van der Waals surface area contributed by atoms with Gasteiger partial charge in [0, 0.05) is 30.7 Å². The van der Waals surface area contributed by atoms with Crippen LogP contribution in [0.3, 0.4) is 0 Å². The molecule has 0 aliphatic heterocycles. The van der Waals surface area contributed by atoms with Crippen LogP contribution in [0.5, 0.6) is 0 Å². The normalized spacial score (nSPS) is 11.2. The number of hydrogen-bond acceptors (Lipinski definition) is 2. The molecule has 2 heterocycles. The zero-order valence-electron chi connectivity index (χ0n) is 17.0. The lowest BCUT2D eigenvalue weighted by Gasteiger charge is -2.09. The van der Waals surface area contributed by atoms with Gasteiger partial charge in [0.1, 0.15) is 0 Å². The molecule has 2 aromatic heterocycles. The molecule has 0 bridgehead atoms. The molecule has 0 fully saturated rings. The van der Waals surface area contributed by atoms with E-state index in [-0.39, 0.29) is 0 Å². The second-order valence-electron chi connectivity index (χ2n) is 7.82. The first-order valence-corrected chi connectivity index (χ1v) is 10.2. The summed E-state index contributed by atoms with van der Waals surface area (Å²) in [6.45, 7) is 3.64. The van der Waals surface area contributed by atoms with Crippen LogP contribution in [-0.2, 0) is 13.1 Å². The number of fused-ring (bicyclic) bond motifs is 1. The van der Waals surface area contributed by atoms with E-state index < -0.39 is 0 Å². The fraction of sp³-hybridized carbons (Fsp3) is 0.115. The lowest BCUT2D eigenvalue weighted by Crippen LogP contribution is -2.07. The molecule has 3 aromatic carbocycles. The molecule has 5 aromatic rings. The van der Waals surface area contributed by atoms with Gasteiger partial charge in [-0.2, -0.15) is 0 Å². The third-order valence-electron chi connectivity index (χ3n) is 5.61. The van der Waals surface area contributed by atoms with E-state index in [4.69, 9.17) is 5.73 Å². The minimum absolute atomic E-state index is 0.723. The molecule has 5 rings (SSSR count). The molecular weight excluding hydrogens is 368 g/mol. The summed E-state index contributed by atoms with van der Waals surface area (Å²) in [5.41, 5.74) is 13.1. The quantitative estimate of drug-likeness (QED) is 0.430. The average Bonchev–Trinajstić information content (AvgIpc) is 3.35. The lowest BCUT2D eigenvalue weighted by atomic mass is 10.00. The fourth-order valence-corrected chi connectivity index (χ4v) is 4.00. The molecule has 0 saturated heterocycles. The van der Waals surface area contributed by atoms with Crippen molar-refractivity contribution in [2.24, 2.45) is 0 Å². The maximum absolute atomic E-state index is 6.43. The second-order valence-corrected chi connectivity index (χ2v) is 7.82. The molecule has 0 saturated carbocycles. The number of nitrogens with zero attached hydrogens (tertiary/aromatic N) is 3. The van der Waals surface area contributed by atoms with Gasteiger partial charge in [0.15, 0.2) is 0 Å². The van der Waals surface area contributed by atoms with Gasteiger partial charge in [-0.3, -0.25) is 0 Å². The van der Waals surface area contributed by atoms with Crippen LogP contribution >= 0.6 is 0 Å². The summed E-state index contributed by atoms with van der Waals surface area (Å²) in [7, 11) is 0. The standard InChI is InChI=1S/C26H24N4/c1-19-9-11-20(12-10-19)14-30-18-28-13-22(30)15-29-16-25(26(27)17-29)24-8-4-6-21-5-2-3-7-23(21)24/h2-13,16-18H,14-15,27H2,1H3. The summed E-state index contributed by atoms with van der Waals surface area (Å²) < 4.78 is 4.34. The van der Waals surface area contributed by atoms with Gasteiger partial charge in [-0.1, -0.05) is 72.3 Å². The Morgan fingerprint density at radius 3 is 2.50 bits per heavy atom. The fourth-order valence-electron chi connectivity index (χ4n) is 4.00. The first-order valence-electron chi connectivity index (χ1n) is 10.2. The molecule has 4 nitrogen and oxygen atoms in total. The van der Waals surface area contributed by atoms with Gasteiger partial charge in [0.05, 0.1) is 24.3 Å². The smallest absolute Gasteiger partial charge is 0.0951 e. The van der Waals surface area contributed by atoms with E-state index in [1.165, 1.54) is 21.9 Å². The number of aromatic nitrogens is 3. The van der Waals surface area contributed by atoms with Crippen molar-refractivity contribution in [3.63, 3.8) is 0 Å². The molecule has 4 heteroatoms. The van der Waals surface area contributed by atoms with Crippen molar-refractivity contribution in [2.75, 3.05) is 5.73 Å². The predicted octanol–water partition coefficient (Wildman–Crippen LogP) is 5.49. The molecule has 148 valence electrons. The highest BCUT2D eigenvalue weighted by Gasteiger charge is 2.11. The van der Waals surface area contributed by atoms with Crippen molar-refractivity contribution < 1.29 is 0 Å². The highest BCUT2D eigenvalue weighted by atomic mass is 15.1. The summed E-state index contributed by atoms with van der Waals surface area (Å²) in [6.07, 6.45) is 7.98. The Hall–Kier alpha value is -3.79. The van der Waals surface area contributed by atoms with Gasteiger partial charge in [-0.25, -0.2) is 4.98 Å². The largest absolute Gasteiger partial charge is 0.397 e. The zero-order chi connectivity index (χ0) is 20.5. The van der Waals surface area contributed by atoms with Gasteiger partial charge >= 0.3 is 0 Å². The highest BCUT2D eigenvalue weighted by Crippen LogP contribution is 2.33. The number of anilines is 1. The van der Waals surface area contributed by atoms with Crippen molar-refractivity contribution in [2.45, 2.75) is 20.0 Å². The number of rotatable bonds is 5. The molecule has 0 atom stereocenters. The van der Waals surface area contributed by atoms with E-state index in [1.807, 2.05) is 18.7 Å². The number of benzene rings is 3. The van der Waals surface area contributed by atoms with Gasteiger partial charge < -0.3 is 14.9 Å². The molecule has 2 N–H and O–H groups in total. The number of nitrogens with two attached hydrogens (primary N) is 1. The maximum Gasteiger partial charge on any atom is 0.0951 e. The van der Waals surface area contributed by atoms with Gasteiger partial charge in [0.25, 0.3) is 0 Å². The summed E-state index contributed by atoms with van der Waals surface area (Å²) in [5.74, 6) is 0. The second kappa shape index (κ2) is 7.56. The number of hydrogen-bond donors (Lipinski definition) is 1. The van der Waals surface area contributed by atoms with Crippen LogP contribution in [0.4, 0.5) is 5.69 Å². The monoisotopic (exact) mass is 392 g/mol. The number of nitrogen functional groups attached to an aromatic ring is 1. The van der Waals surface area contributed by atoms with E-state index in [1.54, 1.807) is 0 Å². The third-order valence-corrected chi connectivity index (χ3v) is 5.61. The van der Waals surface area contributed by atoms with Crippen molar-refractivity contribution in [3.05, 3.63) is 108 Å². The van der Waals surface area contributed by atoms with E-state index >= 15 is 0 Å². The SMILES string of the molecule is Cc1ccc(Cn2cncc2Cn2cc(N)c(-c3cccc4ccccc34)c2)cc1. The Morgan fingerprint density at radius 1 is 0.833 bits per heavy atom. The molecule has 30 heavy (non-hydrogen) atoms. The minimum atomic E-state index is 0.723. The third kappa shape index (κ3) is 3.48. The van der Waals surface area contributed by atoms with E-state index in [0.717, 1.165) is 35.6 Å². The Bertz CT molecular complexity index is 1300. The van der Waals surface area contributed by atoms with Gasteiger partial charge in [0.2, 0.25) is 0 Å². The molecule has 0 radical (unpaired) electrons. The van der Waals surface area contributed by atoms with Crippen LogP contribution in [0.1, 0.15) is 16.8 Å². The van der Waals surface area contributed by atoms with Gasteiger partial charge in [-0.05, 0) is 28.8 Å². The molecule has 0 aliphatic rings. The van der Waals surface area contributed by atoms with Crippen LogP contribution in [0.15, 0.2) is 91.6 Å². The number of aryl methyl sites for hydroxylation is 1. The Morgan fingerprint density at radius 2 is 1.63 bits per heavy atom. The van der Waals surface area contributed by atoms with Crippen LogP contribution in [0, 0.1) is 6.92 Å². The maximum atomic E-state index is 6.43. The summed E-state index contributed by atoms with van der Waals surface area (Å²) >= 11 is 0. The first-order chi connectivity index (χ1) is 14.7. The molecule has 0 unspecified atom stereocenters. The topological polar surface area (TPSA) is 48.8 Å². The summed E-state index contributed by atoms with van der Waals surface area (Å²) in [5, 5.41) is 2.44. The predicted molar refractivity (Wildman–Crippen MR) is 123 cm³/mol. The first kappa shape index (κ1) is 18.3. The van der Waals surface area contributed by atoms with Gasteiger partial charge in [-0.15, -0.1) is 0 Å². The van der Waals surface area contributed by atoms with Crippen LogP contribution in [0.2, 0.25) is 0 Å². The Kier molecular flexibility index (Phi) is 4.60. The van der Waals surface area contributed by atoms with Crippen molar-refractivity contribution in [3.8, 4) is 11.1 Å². The Labute approximate surface area is 176 Å². The zero-order valence-corrected chi connectivity index (χ0v) is 17.0. The van der Waals surface area contributed by atoms with Crippen molar-refractivity contribution in [1.82, 2.24) is 14.1 Å². The van der Waals surface area contributed by atoms with E-state index in [2.05, 4.69) is 94.0 Å². The molecule has 0 aliphatic carbocycles. The van der Waals surface area contributed by atoms with Crippen molar-refractivity contribution >= 4 is 16.5 Å². The number of imidazole rings is 1. The molecular formula is C26H24N4. The van der Waals surface area contributed by atoms with Crippen LogP contribution in [0.25, 0.3) is 21.9 Å². The van der Waals surface area contributed by atoms with Crippen molar-refractivity contribution in [1.29, 1.82) is 0 Å². The highest BCUT2D eigenvalue weighted by molar-refractivity contribution is 5.99. The lowest BCUT2D eigenvalue weighted by molar-refractivity contribution is 0.688. The van der Waals surface area contributed by atoms with Crippen LogP contribution < -0.4 is 5.73 Å². The molecule has 0 amide bonds.